The highest BCUT2D eigenvalue weighted by Crippen LogP contribution is 2.14. The van der Waals surface area contributed by atoms with Crippen molar-refractivity contribution in [3.05, 3.63) is 50.9 Å². The first kappa shape index (κ1) is 14.7. The molecule has 2 aromatic heterocycles. The van der Waals surface area contributed by atoms with E-state index in [0.717, 1.165) is 37.3 Å². The van der Waals surface area contributed by atoms with Crippen LogP contribution in [0.1, 0.15) is 15.9 Å². The number of pyridine rings is 1. The molecule has 1 aliphatic rings. The first-order chi connectivity index (χ1) is 10.2. The van der Waals surface area contributed by atoms with Gasteiger partial charge in [-0.05, 0) is 50.5 Å². The van der Waals surface area contributed by atoms with E-state index in [2.05, 4.69) is 42.6 Å². The van der Waals surface area contributed by atoms with Crippen molar-refractivity contribution in [3.63, 3.8) is 0 Å². The zero-order valence-corrected chi connectivity index (χ0v) is 13.9. The van der Waals surface area contributed by atoms with Gasteiger partial charge in [0, 0.05) is 38.9 Å². The number of amides is 1. The summed E-state index contributed by atoms with van der Waals surface area (Å²) in [6, 6.07) is 5.78. The van der Waals surface area contributed by atoms with Crippen LogP contribution in [0.25, 0.3) is 0 Å². The smallest absolute Gasteiger partial charge is 0.255 e. The SMILES string of the molecule is O=C(c1ccc(Br)nc1)N1CCN(Cc2ccsc2)CC1. The number of piperazine rings is 1. The Morgan fingerprint density at radius 2 is 2.05 bits per heavy atom. The third kappa shape index (κ3) is 3.70. The fraction of sp³-hybridized carbons (Fsp3) is 0.333. The standard InChI is InChI=1S/C15H16BrN3OS/c16-14-2-1-13(9-17-14)15(20)19-6-4-18(5-7-19)10-12-3-8-21-11-12/h1-3,8-9,11H,4-7,10H2. The fourth-order valence-electron chi connectivity index (χ4n) is 2.43. The Kier molecular flexibility index (Phi) is 4.67. The lowest BCUT2D eigenvalue weighted by molar-refractivity contribution is 0.0628. The van der Waals surface area contributed by atoms with Gasteiger partial charge in [-0.3, -0.25) is 9.69 Å². The Bertz CT molecular complexity index is 592. The molecule has 0 N–H and O–H groups in total. The van der Waals surface area contributed by atoms with E-state index in [4.69, 9.17) is 0 Å². The van der Waals surface area contributed by atoms with Crippen LogP contribution in [0.15, 0.2) is 39.8 Å². The summed E-state index contributed by atoms with van der Waals surface area (Å²) in [5.74, 6) is 0.0742. The second-order valence-corrected chi connectivity index (χ2v) is 6.66. The van der Waals surface area contributed by atoms with Crippen molar-refractivity contribution < 1.29 is 4.79 Å². The number of halogens is 1. The highest BCUT2D eigenvalue weighted by atomic mass is 79.9. The molecule has 3 heterocycles. The maximum absolute atomic E-state index is 12.4. The minimum absolute atomic E-state index is 0.0742. The van der Waals surface area contributed by atoms with Crippen molar-refractivity contribution in [1.82, 2.24) is 14.8 Å². The van der Waals surface area contributed by atoms with Crippen LogP contribution < -0.4 is 0 Å². The van der Waals surface area contributed by atoms with Crippen molar-refractivity contribution in [2.24, 2.45) is 0 Å². The van der Waals surface area contributed by atoms with Gasteiger partial charge in [0.05, 0.1) is 5.56 Å². The molecular formula is C15H16BrN3OS. The largest absolute Gasteiger partial charge is 0.336 e. The average Bonchev–Trinajstić information content (AvgIpc) is 3.01. The van der Waals surface area contributed by atoms with Crippen LogP contribution in [0.3, 0.4) is 0 Å². The molecule has 6 heteroatoms. The average molecular weight is 366 g/mol. The molecule has 0 aliphatic carbocycles. The summed E-state index contributed by atoms with van der Waals surface area (Å²) in [5.41, 5.74) is 2.02. The maximum atomic E-state index is 12.4. The molecule has 1 amide bonds. The summed E-state index contributed by atoms with van der Waals surface area (Å²) in [7, 11) is 0. The van der Waals surface area contributed by atoms with Gasteiger partial charge in [-0.15, -0.1) is 0 Å². The first-order valence-corrected chi connectivity index (χ1v) is 8.60. The summed E-state index contributed by atoms with van der Waals surface area (Å²) < 4.78 is 0.750. The minimum atomic E-state index is 0.0742. The van der Waals surface area contributed by atoms with E-state index in [0.29, 0.717) is 5.56 Å². The van der Waals surface area contributed by atoms with Gasteiger partial charge in [-0.25, -0.2) is 4.98 Å². The van der Waals surface area contributed by atoms with Gasteiger partial charge in [-0.1, -0.05) is 0 Å². The number of thiophene rings is 1. The number of hydrogen-bond donors (Lipinski definition) is 0. The molecule has 0 aromatic carbocycles. The second-order valence-electron chi connectivity index (χ2n) is 5.07. The van der Waals surface area contributed by atoms with Crippen LogP contribution in [-0.4, -0.2) is 46.9 Å². The molecule has 1 fully saturated rings. The number of carbonyl (C=O) groups excluding carboxylic acids is 1. The molecule has 0 radical (unpaired) electrons. The number of carbonyl (C=O) groups is 1. The van der Waals surface area contributed by atoms with Crippen molar-refractivity contribution in [2.75, 3.05) is 26.2 Å². The van der Waals surface area contributed by atoms with E-state index >= 15 is 0 Å². The molecule has 2 aromatic rings. The van der Waals surface area contributed by atoms with Crippen LogP contribution in [0.5, 0.6) is 0 Å². The Labute approximate surface area is 136 Å². The topological polar surface area (TPSA) is 36.4 Å². The summed E-state index contributed by atoms with van der Waals surface area (Å²) in [4.78, 5) is 20.8. The Balaban J connectivity index is 1.55. The third-order valence-electron chi connectivity index (χ3n) is 3.62. The van der Waals surface area contributed by atoms with Gasteiger partial charge in [0.1, 0.15) is 4.60 Å². The summed E-state index contributed by atoms with van der Waals surface area (Å²) >= 11 is 5.01. The number of nitrogens with zero attached hydrogens (tertiary/aromatic N) is 3. The van der Waals surface area contributed by atoms with E-state index in [9.17, 15) is 4.79 Å². The van der Waals surface area contributed by atoms with Crippen molar-refractivity contribution in [1.29, 1.82) is 0 Å². The lowest BCUT2D eigenvalue weighted by atomic mass is 10.2. The summed E-state index contributed by atoms with van der Waals surface area (Å²) in [6.45, 7) is 4.38. The molecule has 1 aliphatic heterocycles. The van der Waals surface area contributed by atoms with E-state index < -0.39 is 0 Å². The predicted molar refractivity (Wildman–Crippen MR) is 87.4 cm³/mol. The molecule has 0 saturated carbocycles. The molecule has 0 unspecified atom stereocenters. The van der Waals surface area contributed by atoms with E-state index in [1.807, 2.05) is 11.0 Å². The molecule has 1 saturated heterocycles. The Hall–Kier alpha value is -1.24. The van der Waals surface area contributed by atoms with Crippen LogP contribution in [0.2, 0.25) is 0 Å². The van der Waals surface area contributed by atoms with Crippen molar-refractivity contribution in [3.8, 4) is 0 Å². The normalized spacial score (nSPS) is 16.1. The molecule has 3 rings (SSSR count). The van der Waals surface area contributed by atoms with Crippen LogP contribution in [-0.2, 0) is 6.54 Å². The predicted octanol–water partition coefficient (Wildman–Crippen LogP) is 2.86. The highest BCUT2D eigenvalue weighted by Gasteiger charge is 2.22. The first-order valence-electron chi connectivity index (χ1n) is 6.86. The van der Waals surface area contributed by atoms with Crippen LogP contribution >= 0.6 is 27.3 Å². The molecule has 0 spiro atoms. The molecule has 0 atom stereocenters. The van der Waals surface area contributed by atoms with Gasteiger partial charge in [0.2, 0.25) is 0 Å². The van der Waals surface area contributed by atoms with Gasteiger partial charge >= 0.3 is 0 Å². The van der Waals surface area contributed by atoms with Gasteiger partial charge in [0.25, 0.3) is 5.91 Å². The Morgan fingerprint density at radius 3 is 2.67 bits per heavy atom. The molecule has 21 heavy (non-hydrogen) atoms. The van der Waals surface area contributed by atoms with Gasteiger partial charge in [-0.2, -0.15) is 11.3 Å². The molecule has 110 valence electrons. The fourth-order valence-corrected chi connectivity index (χ4v) is 3.33. The summed E-state index contributed by atoms with van der Waals surface area (Å²) in [5, 5.41) is 4.29. The number of hydrogen-bond acceptors (Lipinski definition) is 4. The third-order valence-corrected chi connectivity index (χ3v) is 4.82. The Morgan fingerprint density at radius 1 is 1.24 bits per heavy atom. The van der Waals surface area contributed by atoms with E-state index in [1.165, 1.54) is 5.56 Å². The zero-order chi connectivity index (χ0) is 14.7. The van der Waals surface area contributed by atoms with E-state index in [-0.39, 0.29) is 5.91 Å². The second kappa shape index (κ2) is 6.68. The molecule has 0 bridgehead atoms. The van der Waals surface area contributed by atoms with Crippen molar-refractivity contribution >= 4 is 33.2 Å². The van der Waals surface area contributed by atoms with Gasteiger partial charge in [0.15, 0.2) is 0 Å². The lowest BCUT2D eigenvalue weighted by Gasteiger charge is -2.34. The minimum Gasteiger partial charge on any atom is -0.336 e. The summed E-state index contributed by atoms with van der Waals surface area (Å²) in [6.07, 6.45) is 1.63. The highest BCUT2D eigenvalue weighted by molar-refractivity contribution is 9.10. The van der Waals surface area contributed by atoms with Gasteiger partial charge < -0.3 is 4.90 Å². The molecule has 4 nitrogen and oxygen atoms in total. The van der Waals surface area contributed by atoms with Crippen LogP contribution in [0, 0.1) is 0 Å². The quantitative estimate of drug-likeness (QED) is 0.784. The number of aromatic nitrogens is 1. The zero-order valence-electron chi connectivity index (χ0n) is 11.5. The van der Waals surface area contributed by atoms with Crippen LogP contribution in [0.4, 0.5) is 0 Å². The van der Waals surface area contributed by atoms with Crippen molar-refractivity contribution in [2.45, 2.75) is 6.54 Å². The monoisotopic (exact) mass is 365 g/mol. The number of rotatable bonds is 3. The molecular weight excluding hydrogens is 350 g/mol. The lowest BCUT2D eigenvalue weighted by Crippen LogP contribution is -2.48. The van der Waals surface area contributed by atoms with E-state index in [1.54, 1.807) is 23.6 Å². The maximum Gasteiger partial charge on any atom is 0.255 e.